The zero-order valence-corrected chi connectivity index (χ0v) is 18.6. The molecule has 1 atom stereocenters. The summed E-state index contributed by atoms with van der Waals surface area (Å²) in [5, 5.41) is 3.47. The standard InChI is InChI=1S/C24H20N2O3S2/c1-15(24(28)29-2)30-20-9-5-3-7-18(20)22(27)25-17-13-11-16(12-14-17)23-26-19-8-4-6-10-21(19)31-23/h3-15H,1-2H3,(H,25,27). The summed E-state index contributed by atoms with van der Waals surface area (Å²) >= 11 is 2.94. The first-order valence-electron chi connectivity index (χ1n) is 9.66. The molecular weight excluding hydrogens is 428 g/mol. The third-order valence-corrected chi connectivity index (χ3v) is 6.89. The van der Waals surface area contributed by atoms with Crippen LogP contribution in [0.5, 0.6) is 0 Å². The maximum Gasteiger partial charge on any atom is 0.318 e. The second kappa shape index (κ2) is 9.32. The van der Waals surface area contributed by atoms with E-state index in [9.17, 15) is 9.59 Å². The molecule has 5 nitrogen and oxygen atoms in total. The van der Waals surface area contributed by atoms with Gasteiger partial charge in [0.15, 0.2) is 0 Å². The zero-order valence-electron chi connectivity index (χ0n) is 17.0. The van der Waals surface area contributed by atoms with Gasteiger partial charge in [0.1, 0.15) is 10.3 Å². The predicted octanol–water partition coefficient (Wildman–Crippen LogP) is 5.87. The number of ether oxygens (including phenoxy) is 1. The molecule has 0 spiro atoms. The van der Waals surface area contributed by atoms with Crippen molar-refractivity contribution < 1.29 is 14.3 Å². The van der Waals surface area contributed by atoms with Crippen molar-refractivity contribution >= 4 is 50.9 Å². The molecule has 0 bridgehead atoms. The van der Waals surface area contributed by atoms with Crippen LogP contribution >= 0.6 is 23.1 Å². The Hall–Kier alpha value is -3.16. The summed E-state index contributed by atoms with van der Waals surface area (Å²) in [4.78, 5) is 30.0. The fourth-order valence-corrected chi connectivity index (χ4v) is 5.04. The van der Waals surface area contributed by atoms with Crippen molar-refractivity contribution in [3.63, 3.8) is 0 Å². The number of hydrogen-bond acceptors (Lipinski definition) is 6. The topological polar surface area (TPSA) is 68.3 Å². The monoisotopic (exact) mass is 448 g/mol. The summed E-state index contributed by atoms with van der Waals surface area (Å²) in [5.74, 6) is -0.557. The summed E-state index contributed by atoms with van der Waals surface area (Å²) in [6.45, 7) is 1.76. The maximum absolute atomic E-state index is 12.9. The normalized spacial score (nSPS) is 11.8. The molecule has 0 aliphatic heterocycles. The molecule has 7 heteroatoms. The van der Waals surface area contributed by atoms with Gasteiger partial charge in [-0.3, -0.25) is 9.59 Å². The molecule has 1 N–H and O–H groups in total. The van der Waals surface area contributed by atoms with Gasteiger partial charge in [-0.15, -0.1) is 23.1 Å². The Labute approximate surface area is 188 Å². The number of amides is 1. The molecule has 1 heterocycles. The number of thiazole rings is 1. The molecular formula is C24H20N2O3S2. The van der Waals surface area contributed by atoms with Gasteiger partial charge in [0.2, 0.25) is 0 Å². The van der Waals surface area contributed by atoms with E-state index in [2.05, 4.69) is 16.4 Å². The van der Waals surface area contributed by atoms with Crippen LogP contribution in [0.4, 0.5) is 5.69 Å². The molecule has 0 aliphatic carbocycles. The lowest BCUT2D eigenvalue weighted by molar-refractivity contribution is -0.139. The van der Waals surface area contributed by atoms with Gasteiger partial charge in [-0.1, -0.05) is 24.3 Å². The Kier molecular flexibility index (Phi) is 6.34. The minimum Gasteiger partial charge on any atom is -0.468 e. The second-order valence-electron chi connectivity index (χ2n) is 6.80. The molecule has 0 radical (unpaired) electrons. The van der Waals surface area contributed by atoms with Gasteiger partial charge < -0.3 is 10.1 Å². The molecule has 1 amide bonds. The SMILES string of the molecule is COC(=O)C(C)Sc1ccccc1C(=O)Nc1ccc(-c2nc3ccccc3s2)cc1. The number of aromatic nitrogens is 1. The van der Waals surface area contributed by atoms with E-state index in [1.54, 1.807) is 30.4 Å². The van der Waals surface area contributed by atoms with E-state index in [1.165, 1.54) is 18.9 Å². The average Bonchev–Trinajstić information content (AvgIpc) is 3.23. The van der Waals surface area contributed by atoms with Crippen molar-refractivity contribution in [2.45, 2.75) is 17.1 Å². The van der Waals surface area contributed by atoms with Crippen molar-refractivity contribution in [2.24, 2.45) is 0 Å². The highest BCUT2D eigenvalue weighted by Crippen LogP contribution is 2.31. The summed E-state index contributed by atoms with van der Waals surface area (Å²) in [5.41, 5.74) is 3.19. The number of para-hydroxylation sites is 1. The zero-order chi connectivity index (χ0) is 21.8. The van der Waals surface area contributed by atoms with Crippen molar-refractivity contribution in [3.8, 4) is 10.6 Å². The van der Waals surface area contributed by atoms with E-state index in [0.29, 0.717) is 11.3 Å². The summed E-state index contributed by atoms with van der Waals surface area (Å²) in [6, 6.07) is 22.9. The number of carbonyl (C=O) groups is 2. The van der Waals surface area contributed by atoms with Crippen LogP contribution in [-0.4, -0.2) is 29.2 Å². The lowest BCUT2D eigenvalue weighted by atomic mass is 10.2. The fourth-order valence-electron chi connectivity index (χ4n) is 3.05. The molecule has 4 rings (SSSR count). The molecule has 0 saturated carbocycles. The summed E-state index contributed by atoms with van der Waals surface area (Å²) < 4.78 is 5.93. The van der Waals surface area contributed by atoms with Crippen LogP contribution in [0.3, 0.4) is 0 Å². The van der Waals surface area contributed by atoms with E-state index >= 15 is 0 Å². The maximum atomic E-state index is 12.9. The van der Waals surface area contributed by atoms with Gasteiger partial charge in [0.25, 0.3) is 5.91 Å². The predicted molar refractivity (Wildman–Crippen MR) is 127 cm³/mol. The molecule has 1 unspecified atom stereocenters. The average molecular weight is 449 g/mol. The third-order valence-electron chi connectivity index (χ3n) is 4.65. The number of hydrogen-bond donors (Lipinski definition) is 1. The number of fused-ring (bicyclic) bond motifs is 1. The van der Waals surface area contributed by atoms with Crippen LogP contribution in [0.2, 0.25) is 0 Å². The first kappa shape index (κ1) is 21.1. The Morgan fingerprint density at radius 2 is 1.71 bits per heavy atom. The van der Waals surface area contributed by atoms with Gasteiger partial charge in [-0.05, 0) is 55.5 Å². The first-order valence-corrected chi connectivity index (χ1v) is 11.4. The number of nitrogens with zero attached hydrogens (tertiary/aromatic N) is 1. The summed E-state index contributed by atoms with van der Waals surface area (Å²) in [7, 11) is 1.36. The van der Waals surface area contributed by atoms with E-state index in [4.69, 9.17) is 4.74 Å². The Bertz CT molecular complexity index is 1200. The number of nitrogens with one attached hydrogen (secondary N) is 1. The molecule has 0 saturated heterocycles. The minimum absolute atomic E-state index is 0.229. The number of anilines is 1. The number of rotatable bonds is 6. The van der Waals surface area contributed by atoms with Gasteiger partial charge in [0, 0.05) is 16.1 Å². The second-order valence-corrected chi connectivity index (χ2v) is 9.21. The molecule has 156 valence electrons. The smallest absolute Gasteiger partial charge is 0.318 e. The highest BCUT2D eigenvalue weighted by molar-refractivity contribution is 8.00. The van der Waals surface area contributed by atoms with Crippen LogP contribution in [0.25, 0.3) is 20.8 Å². The first-order chi connectivity index (χ1) is 15.0. The van der Waals surface area contributed by atoms with Gasteiger partial charge in [0.05, 0.1) is 22.9 Å². The van der Waals surface area contributed by atoms with Crippen LogP contribution < -0.4 is 5.32 Å². The Morgan fingerprint density at radius 1 is 1.00 bits per heavy atom. The lowest BCUT2D eigenvalue weighted by Crippen LogP contribution is -2.17. The van der Waals surface area contributed by atoms with Gasteiger partial charge in [-0.2, -0.15) is 0 Å². The fraction of sp³-hybridized carbons (Fsp3) is 0.125. The molecule has 1 aromatic heterocycles. The van der Waals surface area contributed by atoms with Crippen LogP contribution in [0.15, 0.2) is 77.7 Å². The number of thioether (sulfide) groups is 1. The molecule has 0 aliphatic rings. The lowest BCUT2D eigenvalue weighted by Gasteiger charge is -2.13. The van der Waals surface area contributed by atoms with E-state index < -0.39 is 5.25 Å². The largest absolute Gasteiger partial charge is 0.468 e. The van der Waals surface area contributed by atoms with E-state index in [-0.39, 0.29) is 11.9 Å². The molecule has 0 fully saturated rings. The van der Waals surface area contributed by atoms with Gasteiger partial charge >= 0.3 is 5.97 Å². The van der Waals surface area contributed by atoms with Crippen molar-refractivity contribution in [3.05, 3.63) is 78.4 Å². The number of carbonyl (C=O) groups excluding carboxylic acids is 2. The highest BCUT2D eigenvalue weighted by atomic mass is 32.2. The van der Waals surface area contributed by atoms with E-state index in [0.717, 1.165) is 25.7 Å². The number of esters is 1. The van der Waals surface area contributed by atoms with Crippen LogP contribution in [0.1, 0.15) is 17.3 Å². The number of benzene rings is 3. The summed E-state index contributed by atoms with van der Waals surface area (Å²) in [6.07, 6.45) is 0. The van der Waals surface area contributed by atoms with Gasteiger partial charge in [-0.25, -0.2) is 4.98 Å². The quantitative estimate of drug-likeness (QED) is 0.295. The van der Waals surface area contributed by atoms with Crippen molar-refractivity contribution in [1.82, 2.24) is 4.98 Å². The highest BCUT2D eigenvalue weighted by Gasteiger charge is 2.19. The Morgan fingerprint density at radius 3 is 2.45 bits per heavy atom. The van der Waals surface area contributed by atoms with Crippen LogP contribution in [-0.2, 0) is 9.53 Å². The molecule has 31 heavy (non-hydrogen) atoms. The minimum atomic E-state index is -0.410. The number of methoxy groups -OCH3 is 1. The van der Waals surface area contributed by atoms with E-state index in [1.807, 2.05) is 54.6 Å². The van der Waals surface area contributed by atoms with Crippen molar-refractivity contribution in [2.75, 3.05) is 12.4 Å². The van der Waals surface area contributed by atoms with Crippen LogP contribution in [0, 0.1) is 0 Å². The Balaban J connectivity index is 1.50. The third kappa shape index (κ3) is 4.78. The molecule has 4 aromatic rings. The van der Waals surface area contributed by atoms with Crippen molar-refractivity contribution in [1.29, 1.82) is 0 Å². The molecule has 3 aromatic carbocycles.